The van der Waals surface area contributed by atoms with Gasteiger partial charge < -0.3 is 18.9 Å². The molecule has 216 valence electrons. The molecule has 3 aliphatic rings. The van der Waals surface area contributed by atoms with Crippen molar-refractivity contribution < 1.29 is 36.9 Å². The number of hydrogen-bond donors (Lipinski definition) is 0. The van der Waals surface area contributed by atoms with Crippen LogP contribution in [0.2, 0.25) is 0 Å². The monoisotopic (exact) mass is 566 g/mol. The summed E-state index contributed by atoms with van der Waals surface area (Å²) >= 11 is 0. The maximum absolute atomic E-state index is 14.2. The Morgan fingerprint density at radius 1 is 0.976 bits per heavy atom. The topological polar surface area (TPSA) is 54.0 Å². The molecule has 1 aliphatic carbocycles. The molecule has 5 nitrogen and oxygen atoms in total. The number of aryl methyl sites for hydroxylation is 1. The third-order valence-corrected chi connectivity index (χ3v) is 8.55. The molecule has 2 aliphatic heterocycles. The summed E-state index contributed by atoms with van der Waals surface area (Å²) < 4.78 is 64.4. The zero-order valence-electron chi connectivity index (χ0n) is 23.0. The van der Waals surface area contributed by atoms with Gasteiger partial charge in [-0.3, -0.25) is 4.79 Å². The van der Waals surface area contributed by atoms with Crippen molar-refractivity contribution >= 4 is 5.97 Å². The number of methoxy groups -OCH3 is 1. The van der Waals surface area contributed by atoms with Gasteiger partial charge in [0.05, 0.1) is 38.9 Å². The number of carbonyl (C=O) groups is 1. The Morgan fingerprint density at radius 3 is 2.51 bits per heavy atom. The average molecular weight is 567 g/mol. The Hall–Kier alpha value is -3.52. The number of alkyl halides is 3. The summed E-state index contributed by atoms with van der Waals surface area (Å²) in [4.78, 5) is 11.7. The molecule has 6 rings (SSSR count). The van der Waals surface area contributed by atoms with Crippen LogP contribution in [-0.4, -0.2) is 39.0 Å². The number of esters is 1. The number of halogens is 3. The Morgan fingerprint density at radius 2 is 1.78 bits per heavy atom. The van der Waals surface area contributed by atoms with Gasteiger partial charge in [0.2, 0.25) is 0 Å². The van der Waals surface area contributed by atoms with Gasteiger partial charge in [0.1, 0.15) is 17.6 Å². The van der Waals surface area contributed by atoms with E-state index in [0.717, 1.165) is 53.7 Å². The second kappa shape index (κ2) is 11.4. The number of fused-ring (bicyclic) bond motifs is 2. The van der Waals surface area contributed by atoms with Gasteiger partial charge in [0.25, 0.3) is 0 Å². The van der Waals surface area contributed by atoms with E-state index in [2.05, 4.69) is 6.07 Å². The number of carbonyl (C=O) groups excluding carboxylic acids is 1. The summed E-state index contributed by atoms with van der Waals surface area (Å²) in [7, 11) is 1.38. The molecule has 1 fully saturated rings. The fourth-order valence-electron chi connectivity index (χ4n) is 6.43. The largest absolute Gasteiger partial charge is 0.493 e. The molecule has 0 N–H and O–H groups in total. The molecule has 2 heterocycles. The fourth-order valence-corrected chi connectivity index (χ4v) is 6.43. The minimum absolute atomic E-state index is 0.00758. The van der Waals surface area contributed by atoms with Crippen LogP contribution in [0.25, 0.3) is 11.1 Å². The van der Waals surface area contributed by atoms with E-state index in [1.165, 1.54) is 13.2 Å². The quantitative estimate of drug-likeness (QED) is 0.269. The van der Waals surface area contributed by atoms with E-state index in [4.69, 9.17) is 18.9 Å². The molecule has 3 atom stereocenters. The zero-order chi connectivity index (χ0) is 28.6. The minimum Gasteiger partial charge on any atom is -0.493 e. The van der Waals surface area contributed by atoms with E-state index in [0.29, 0.717) is 37.6 Å². The molecule has 0 radical (unpaired) electrons. The van der Waals surface area contributed by atoms with Crippen molar-refractivity contribution in [3.05, 3.63) is 82.4 Å². The van der Waals surface area contributed by atoms with Crippen molar-refractivity contribution in [3.8, 4) is 22.6 Å². The van der Waals surface area contributed by atoms with E-state index in [-0.39, 0.29) is 35.9 Å². The van der Waals surface area contributed by atoms with Gasteiger partial charge in [0.15, 0.2) is 0 Å². The predicted octanol–water partition coefficient (Wildman–Crippen LogP) is 7.24. The molecule has 1 saturated heterocycles. The lowest BCUT2D eigenvalue weighted by atomic mass is 9.88. The predicted molar refractivity (Wildman–Crippen MR) is 147 cm³/mol. The van der Waals surface area contributed by atoms with Gasteiger partial charge in [-0.15, -0.1) is 0 Å². The average Bonchev–Trinajstić information content (AvgIpc) is 3.72. The molecule has 3 aromatic carbocycles. The molecule has 0 bridgehead atoms. The molecule has 8 heteroatoms. The molecule has 41 heavy (non-hydrogen) atoms. The van der Waals surface area contributed by atoms with Crippen molar-refractivity contribution in [1.29, 1.82) is 0 Å². The second-order valence-electron chi connectivity index (χ2n) is 11.1. The molecule has 0 spiro atoms. The summed E-state index contributed by atoms with van der Waals surface area (Å²) in [5, 5.41) is 0. The maximum atomic E-state index is 14.2. The molecule has 0 amide bonds. The minimum atomic E-state index is -4.45. The summed E-state index contributed by atoms with van der Waals surface area (Å²) in [6.07, 6.45) is -0.332. The SMILES string of the molecule is COC(=O)C[C@@H]1COc2cc(CC[C@@H]3CCc4c3ccc(C(F)(F)F)c4-c3ccc(O[C@@H]4CCOC4)cc3)ccc21. The molecule has 0 saturated carbocycles. The standard InChI is InChI=1S/C33H33F3O5/c1-38-31(37)17-23-18-40-30-16-20(3-10-27(23)30)2-4-21-7-11-28-26(21)12-13-29(33(34,35)36)32(28)22-5-8-24(9-6-22)41-25-14-15-39-19-25/h3,5-6,8-10,12-13,16,21,23,25H,2,4,7,11,14-15,17-19H2,1H3/t21-,23-,25-/m1/s1. The van der Waals surface area contributed by atoms with Gasteiger partial charge in [-0.1, -0.05) is 30.3 Å². The Kier molecular flexibility index (Phi) is 7.68. The van der Waals surface area contributed by atoms with Crippen LogP contribution in [0.3, 0.4) is 0 Å². The van der Waals surface area contributed by atoms with E-state index in [1.807, 2.05) is 12.1 Å². The maximum Gasteiger partial charge on any atom is 0.417 e. The fraction of sp³-hybridized carbons (Fsp3) is 0.424. The van der Waals surface area contributed by atoms with E-state index in [1.54, 1.807) is 30.3 Å². The van der Waals surface area contributed by atoms with Gasteiger partial charge in [-0.25, -0.2) is 0 Å². The Labute approximate surface area is 237 Å². The van der Waals surface area contributed by atoms with Crippen molar-refractivity contribution in [2.75, 3.05) is 26.9 Å². The van der Waals surface area contributed by atoms with Crippen LogP contribution < -0.4 is 9.47 Å². The van der Waals surface area contributed by atoms with E-state index in [9.17, 15) is 18.0 Å². The molecular weight excluding hydrogens is 533 g/mol. The van der Waals surface area contributed by atoms with Crippen LogP contribution in [0.1, 0.15) is 65.3 Å². The second-order valence-corrected chi connectivity index (χ2v) is 11.1. The van der Waals surface area contributed by atoms with E-state index < -0.39 is 11.7 Å². The molecule has 0 unspecified atom stereocenters. The zero-order valence-corrected chi connectivity index (χ0v) is 23.0. The van der Waals surface area contributed by atoms with Crippen LogP contribution in [0.4, 0.5) is 13.2 Å². The highest BCUT2D eigenvalue weighted by atomic mass is 19.4. The van der Waals surface area contributed by atoms with Gasteiger partial charge in [-0.2, -0.15) is 13.2 Å². The highest BCUT2D eigenvalue weighted by Gasteiger charge is 2.37. The lowest BCUT2D eigenvalue weighted by Crippen LogP contribution is -2.15. The number of ether oxygens (including phenoxy) is 4. The number of hydrogen-bond acceptors (Lipinski definition) is 5. The summed E-state index contributed by atoms with van der Waals surface area (Å²) in [5.74, 6) is 1.35. The molecule has 3 aromatic rings. The summed E-state index contributed by atoms with van der Waals surface area (Å²) in [6, 6.07) is 16.0. The van der Waals surface area contributed by atoms with Crippen molar-refractivity contribution in [2.45, 2.75) is 62.6 Å². The smallest absolute Gasteiger partial charge is 0.417 e. The first kappa shape index (κ1) is 27.6. The first-order chi connectivity index (χ1) is 19.8. The normalized spacial score (nSPS) is 21.3. The number of benzene rings is 3. The lowest BCUT2D eigenvalue weighted by Gasteiger charge is -2.19. The highest BCUT2D eigenvalue weighted by molar-refractivity contribution is 5.75. The van der Waals surface area contributed by atoms with Gasteiger partial charge in [0, 0.05) is 17.9 Å². The van der Waals surface area contributed by atoms with Gasteiger partial charge >= 0.3 is 12.1 Å². The van der Waals surface area contributed by atoms with Crippen LogP contribution in [-0.2, 0) is 33.3 Å². The van der Waals surface area contributed by atoms with E-state index >= 15 is 0 Å². The van der Waals surface area contributed by atoms with Gasteiger partial charge in [-0.05, 0) is 83.7 Å². The molecular formula is C33H33F3O5. The Balaban J connectivity index is 1.20. The van der Waals surface area contributed by atoms with Crippen LogP contribution in [0.15, 0.2) is 54.6 Å². The first-order valence-electron chi connectivity index (χ1n) is 14.2. The van der Waals surface area contributed by atoms with Crippen molar-refractivity contribution in [2.24, 2.45) is 0 Å². The van der Waals surface area contributed by atoms with Crippen LogP contribution >= 0.6 is 0 Å². The molecule has 0 aromatic heterocycles. The van der Waals surface area contributed by atoms with Crippen molar-refractivity contribution in [3.63, 3.8) is 0 Å². The van der Waals surface area contributed by atoms with Crippen LogP contribution in [0, 0.1) is 0 Å². The highest BCUT2D eigenvalue weighted by Crippen LogP contribution is 2.47. The summed E-state index contributed by atoms with van der Waals surface area (Å²) in [6.45, 7) is 1.64. The first-order valence-corrected chi connectivity index (χ1v) is 14.2. The third-order valence-electron chi connectivity index (χ3n) is 8.55. The Bertz CT molecular complexity index is 1410. The number of rotatable bonds is 8. The third kappa shape index (κ3) is 5.80. The van der Waals surface area contributed by atoms with Crippen LogP contribution in [0.5, 0.6) is 11.5 Å². The van der Waals surface area contributed by atoms with Crippen molar-refractivity contribution in [1.82, 2.24) is 0 Å². The lowest BCUT2D eigenvalue weighted by molar-refractivity contribution is -0.141. The summed E-state index contributed by atoms with van der Waals surface area (Å²) in [5.41, 5.74) is 4.19.